The van der Waals surface area contributed by atoms with Gasteiger partial charge in [0.05, 0.1) is 0 Å². The molecular formula is C10H16O. The number of hydrogen-bond donors (Lipinski definition) is 0. The van der Waals surface area contributed by atoms with E-state index in [1.807, 2.05) is 0 Å². The summed E-state index contributed by atoms with van der Waals surface area (Å²) in [7, 11) is 0. The van der Waals surface area contributed by atoms with Gasteiger partial charge in [0.2, 0.25) is 0 Å². The smallest absolute Gasteiger partial charge is 0.120 e. The van der Waals surface area contributed by atoms with Crippen molar-refractivity contribution >= 4 is 5.94 Å². The summed E-state index contributed by atoms with van der Waals surface area (Å²) in [6.45, 7) is 2.18. The predicted molar refractivity (Wildman–Crippen MR) is 48.2 cm³/mol. The lowest BCUT2D eigenvalue weighted by atomic mass is 10.2. The van der Waals surface area contributed by atoms with E-state index >= 15 is 0 Å². The molecule has 0 aromatic rings. The van der Waals surface area contributed by atoms with E-state index in [1.54, 1.807) is 5.94 Å². The third-order valence-corrected chi connectivity index (χ3v) is 1.45. The van der Waals surface area contributed by atoms with Gasteiger partial charge in [-0.2, -0.15) is 0 Å². The van der Waals surface area contributed by atoms with Crippen LogP contribution in [0.4, 0.5) is 0 Å². The lowest BCUT2D eigenvalue weighted by Crippen LogP contribution is -1.68. The van der Waals surface area contributed by atoms with Crippen LogP contribution in [0, 0.1) is 0 Å². The predicted octanol–water partition coefficient (Wildman–Crippen LogP) is 2.90. The van der Waals surface area contributed by atoms with Crippen molar-refractivity contribution in [2.24, 2.45) is 0 Å². The van der Waals surface area contributed by atoms with Crippen molar-refractivity contribution in [1.29, 1.82) is 0 Å². The summed E-state index contributed by atoms with van der Waals surface area (Å²) in [6.07, 6.45) is 11.3. The summed E-state index contributed by atoms with van der Waals surface area (Å²) in [5.74, 6) is 1.76. The summed E-state index contributed by atoms with van der Waals surface area (Å²) >= 11 is 0. The Hall–Kier alpha value is -0.810. The Balaban J connectivity index is 3.09. The van der Waals surface area contributed by atoms with Crippen LogP contribution in [0.5, 0.6) is 0 Å². The Kier molecular flexibility index (Phi) is 8.51. The molecule has 11 heavy (non-hydrogen) atoms. The first-order chi connectivity index (χ1) is 5.41. The quantitative estimate of drug-likeness (QED) is 0.325. The van der Waals surface area contributed by atoms with Crippen molar-refractivity contribution in [1.82, 2.24) is 0 Å². The fraction of sp³-hybridized carbons (Fsp3) is 0.600. The highest BCUT2D eigenvalue weighted by Crippen LogP contribution is 1.97. The van der Waals surface area contributed by atoms with Crippen LogP contribution in [0.3, 0.4) is 0 Å². The summed E-state index contributed by atoms with van der Waals surface area (Å²) < 4.78 is 0. The van der Waals surface area contributed by atoms with Gasteiger partial charge in [-0.25, -0.2) is 4.79 Å². The molecule has 0 aliphatic heterocycles. The fourth-order valence-electron chi connectivity index (χ4n) is 0.796. The van der Waals surface area contributed by atoms with Gasteiger partial charge in [-0.15, -0.1) is 0 Å². The molecule has 0 aromatic heterocycles. The van der Waals surface area contributed by atoms with E-state index < -0.39 is 0 Å². The minimum absolute atomic E-state index is 0.826. The highest BCUT2D eigenvalue weighted by molar-refractivity contribution is 5.44. The van der Waals surface area contributed by atoms with Gasteiger partial charge < -0.3 is 0 Å². The number of unbranched alkanes of at least 4 members (excludes halogenated alkanes) is 3. The van der Waals surface area contributed by atoms with E-state index in [0.717, 1.165) is 12.8 Å². The maximum Gasteiger partial charge on any atom is 0.120 e. The van der Waals surface area contributed by atoms with Crippen LogP contribution in [-0.4, -0.2) is 5.94 Å². The molecule has 0 aromatic carbocycles. The first kappa shape index (κ1) is 10.2. The monoisotopic (exact) mass is 152 g/mol. The summed E-state index contributed by atoms with van der Waals surface area (Å²) in [4.78, 5) is 9.74. The average molecular weight is 152 g/mol. The zero-order valence-corrected chi connectivity index (χ0v) is 7.18. The van der Waals surface area contributed by atoms with Crippen LogP contribution in [0.1, 0.15) is 39.0 Å². The summed E-state index contributed by atoms with van der Waals surface area (Å²) in [5, 5.41) is 0. The molecule has 0 saturated carbocycles. The Labute approximate surface area is 68.8 Å². The average Bonchev–Trinajstić information content (AvgIpc) is 2.03. The summed E-state index contributed by atoms with van der Waals surface area (Å²) in [5.41, 5.74) is 0. The van der Waals surface area contributed by atoms with Crippen LogP contribution in [0.25, 0.3) is 0 Å². The zero-order chi connectivity index (χ0) is 8.36. The van der Waals surface area contributed by atoms with Gasteiger partial charge in [-0.1, -0.05) is 31.9 Å². The van der Waals surface area contributed by atoms with Crippen molar-refractivity contribution in [3.8, 4) is 0 Å². The topological polar surface area (TPSA) is 17.1 Å². The second-order valence-corrected chi connectivity index (χ2v) is 2.51. The molecule has 0 amide bonds. The third-order valence-electron chi connectivity index (χ3n) is 1.45. The van der Waals surface area contributed by atoms with Gasteiger partial charge in [0, 0.05) is 6.08 Å². The largest absolute Gasteiger partial charge is 0.234 e. The van der Waals surface area contributed by atoms with Crippen LogP contribution in [0.15, 0.2) is 18.2 Å². The van der Waals surface area contributed by atoms with Crippen LogP contribution in [-0.2, 0) is 4.79 Å². The number of allylic oxidation sites excluding steroid dienone is 3. The Bertz CT molecular complexity index is 141. The molecule has 0 bridgehead atoms. The molecule has 0 rings (SSSR count). The molecule has 1 nitrogen and oxygen atoms in total. The molecule has 62 valence electrons. The van der Waals surface area contributed by atoms with Crippen molar-refractivity contribution in [3.05, 3.63) is 18.2 Å². The van der Waals surface area contributed by atoms with Crippen molar-refractivity contribution in [2.45, 2.75) is 39.0 Å². The maximum atomic E-state index is 9.74. The molecule has 0 aliphatic carbocycles. The molecule has 0 N–H and O–H groups in total. The number of hydrogen-bond acceptors (Lipinski definition) is 1. The van der Waals surface area contributed by atoms with Gasteiger partial charge in [0.1, 0.15) is 5.94 Å². The molecule has 0 aliphatic rings. The lowest BCUT2D eigenvalue weighted by molar-refractivity contribution is 0.568. The highest BCUT2D eigenvalue weighted by Gasteiger charge is 1.78. The normalized spacial score (nSPS) is 9.91. The van der Waals surface area contributed by atoms with Crippen LogP contribution in [0.2, 0.25) is 0 Å². The molecule has 0 radical (unpaired) electrons. The standard InChI is InChI=1S/C10H16O/c1-2-3-4-5-6-7-8-9-10-11/h5-6,9H,2-4,7-8H2,1H3. The molecule has 0 unspecified atom stereocenters. The van der Waals surface area contributed by atoms with E-state index in [-0.39, 0.29) is 0 Å². The number of rotatable bonds is 6. The minimum atomic E-state index is 0.826. The van der Waals surface area contributed by atoms with Crippen molar-refractivity contribution in [3.63, 3.8) is 0 Å². The van der Waals surface area contributed by atoms with Gasteiger partial charge in [0.25, 0.3) is 0 Å². The lowest BCUT2D eigenvalue weighted by Gasteiger charge is -1.87. The second-order valence-electron chi connectivity index (χ2n) is 2.51. The van der Waals surface area contributed by atoms with Crippen molar-refractivity contribution in [2.75, 3.05) is 0 Å². The Morgan fingerprint density at radius 3 is 2.55 bits per heavy atom. The molecule has 0 saturated heterocycles. The third kappa shape index (κ3) is 9.19. The van der Waals surface area contributed by atoms with E-state index in [1.165, 1.54) is 25.3 Å². The van der Waals surface area contributed by atoms with Gasteiger partial charge in [0.15, 0.2) is 0 Å². The zero-order valence-electron chi connectivity index (χ0n) is 7.18. The minimum Gasteiger partial charge on any atom is -0.234 e. The highest BCUT2D eigenvalue weighted by atomic mass is 16.1. The van der Waals surface area contributed by atoms with E-state index in [9.17, 15) is 4.79 Å². The van der Waals surface area contributed by atoms with E-state index in [2.05, 4.69) is 19.1 Å². The maximum absolute atomic E-state index is 9.74. The van der Waals surface area contributed by atoms with Gasteiger partial charge >= 0.3 is 0 Å². The SMILES string of the molecule is CCCCC=CCCC=C=O. The van der Waals surface area contributed by atoms with Crippen LogP contribution >= 0.6 is 0 Å². The van der Waals surface area contributed by atoms with Crippen LogP contribution < -0.4 is 0 Å². The fourth-order valence-corrected chi connectivity index (χ4v) is 0.796. The Morgan fingerprint density at radius 2 is 1.91 bits per heavy atom. The molecular weight excluding hydrogens is 136 g/mol. The van der Waals surface area contributed by atoms with E-state index in [0.29, 0.717) is 0 Å². The first-order valence-electron chi connectivity index (χ1n) is 4.26. The molecule has 0 fully saturated rings. The Morgan fingerprint density at radius 1 is 1.18 bits per heavy atom. The number of carbonyl (C=O) groups excluding carboxylic acids is 1. The molecule has 0 atom stereocenters. The van der Waals surface area contributed by atoms with Gasteiger partial charge in [-0.3, -0.25) is 0 Å². The second kappa shape index (κ2) is 9.19. The molecule has 1 heteroatoms. The summed E-state index contributed by atoms with van der Waals surface area (Å²) in [6, 6.07) is 0. The van der Waals surface area contributed by atoms with Crippen molar-refractivity contribution < 1.29 is 4.79 Å². The first-order valence-corrected chi connectivity index (χ1v) is 4.26. The molecule has 0 spiro atoms. The van der Waals surface area contributed by atoms with Gasteiger partial charge in [-0.05, 0) is 19.3 Å². The van der Waals surface area contributed by atoms with E-state index in [4.69, 9.17) is 0 Å². The molecule has 0 heterocycles.